The van der Waals surface area contributed by atoms with Gasteiger partial charge in [-0.3, -0.25) is 0 Å². The van der Waals surface area contributed by atoms with Gasteiger partial charge in [0.1, 0.15) is 0 Å². The molecule has 1 aromatic rings. The Balaban J connectivity index is 3.37. The van der Waals surface area contributed by atoms with Gasteiger partial charge in [-0.15, -0.1) is 0 Å². The van der Waals surface area contributed by atoms with Crippen LogP contribution in [0.5, 0.6) is 11.5 Å². The standard InChI is InChI=1S/C12H16O5/c1-6-5-8(10(14)12(15)17-4)11(16-3)9(13)7(6)2/h5,10,13-14H,1-4H3. The van der Waals surface area contributed by atoms with E-state index >= 15 is 0 Å². The highest BCUT2D eigenvalue weighted by atomic mass is 16.5. The summed E-state index contributed by atoms with van der Waals surface area (Å²) in [6, 6.07) is 1.59. The van der Waals surface area contributed by atoms with E-state index in [0.29, 0.717) is 5.56 Å². The molecular formula is C12H16O5. The number of phenolic OH excluding ortho intramolecular Hbond substituents is 1. The maximum Gasteiger partial charge on any atom is 0.339 e. The van der Waals surface area contributed by atoms with E-state index in [-0.39, 0.29) is 17.1 Å². The molecule has 0 aromatic heterocycles. The molecule has 0 bridgehead atoms. The van der Waals surface area contributed by atoms with E-state index < -0.39 is 12.1 Å². The van der Waals surface area contributed by atoms with Gasteiger partial charge in [0.25, 0.3) is 0 Å². The Morgan fingerprint density at radius 3 is 2.41 bits per heavy atom. The second kappa shape index (κ2) is 5.05. The van der Waals surface area contributed by atoms with E-state index in [0.717, 1.165) is 5.56 Å². The number of ether oxygens (including phenoxy) is 2. The van der Waals surface area contributed by atoms with Crippen LogP contribution in [-0.4, -0.2) is 30.4 Å². The number of aliphatic hydroxyl groups excluding tert-OH is 1. The van der Waals surface area contributed by atoms with Gasteiger partial charge in [0.15, 0.2) is 17.6 Å². The van der Waals surface area contributed by atoms with Crippen LogP contribution in [0.2, 0.25) is 0 Å². The lowest BCUT2D eigenvalue weighted by molar-refractivity contribution is -0.150. The Kier molecular flexibility index (Phi) is 3.96. The third kappa shape index (κ3) is 2.34. The number of phenols is 1. The first-order valence-corrected chi connectivity index (χ1v) is 5.07. The zero-order valence-electron chi connectivity index (χ0n) is 10.3. The van der Waals surface area contributed by atoms with Crippen LogP contribution in [0.25, 0.3) is 0 Å². The molecule has 0 amide bonds. The first kappa shape index (κ1) is 13.3. The number of hydrogen-bond acceptors (Lipinski definition) is 5. The number of esters is 1. The second-order valence-electron chi connectivity index (χ2n) is 3.72. The summed E-state index contributed by atoms with van der Waals surface area (Å²) in [5.74, 6) is -0.789. The minimum atomic E-state index is -1.47. The molecular weight excluding hydrogens is 224 g/mol. The van der Waals surface area contributed by atoms with Crippen molar-refractivity contribution in [3.05, 3.63) is 22.8 Å². The Labute approximate surface area is 99.6 Å². The van der Waals surface area contributed by atoms with Crippen LogP contribution in [-0.2, 0) is 9.53 Å². The van der Waals surface area contributed by atoms with Crippen LogP contribution in [0.3, 0.4) is 0 Å². The molecule has 1 rings (SSSR count). The van der Waals surface area contributed by atoms with Crippen molar-refractivity contribution in [3.63, 3.8) is 0 Å². The summed E-state index contributed by atoms with van der Waals surface area (Å²) in [7, 11) is 2.54. The molecule has 0 aliphatic heterocycles. The van der Waals surface area contributed by atoms with E-state index in [1.54, 1.807) is 19.9 Å². The summed E-state index contributed by atoms with van der Waals surface area (Å²) in [6.07, 6.45) is -1.47. The van der Waals surface area contributed by atoms with Gasteiger partial charge in [-0.05, 0) is 31.0 Å². The number of hydrogen-bond donors (Lipinski definition) is 2. The fraction of sp³-hybridized carbons (Fsp3) is 0.417. The summed E-state index contributed by atoms with van der Waals surface area (Å²) in [5.41, 5.74) is 1.59. The highest BCUT2D eigenvalue weighted by Gasteiger charge is 2.25. The number of carbonyl (C=O) groups is 1. The molecule has 2 N–H and O–H groups in total. The fourth-order valence-corrected chi connectivity index (χ4v) is 1.56. The molecule has 1 aromatic carbocycles. The summed E-state index contributed by atoms with van der Waals surface area (Å²) >= 11 is 0. The lowest BCUT2D eigenvalue weighted by atomic mass is 10.00. The van der Waals surface area contributed by atoms with Gasteiger partial charge in [0.05, 0.1) is 14.2 Å². The summed E-state index contributed by atoms with van der Waals surface area (Å²) in [6.45, 7) is 3.49. The molecule has 5 nitrogen and oxygen atoms in total. The van der Waals surface area contributed by atoms with Gasteiger partial charge >= 0.3 is 5.97 Å². The summed E-state index contributed by atoms with van der Waals surface area (Å²) < 4.78 is 9.46. The first-order valence-electron chi connectivity index (χ1n) is 5.07. The van der Waals surface area contributed by atoms with E-state index in [4.69, 9.17) is 4.74 Å². The Morgan fingerprint density at radius 1 is 1.35 bits per heavy atom. The number of aromatic hydroxyl groups is 1. The van der Waals surface area contributed by atoms with E-state index in [2.05, 4.69) is 4.74 Å². The van der Waals surface area contributed by atoms with E-state index in [1.807, 2.05) is 0 Å². The Hall–Kier alpha value is -1.75. The number of rotatable bonds is 3. The summed E-state index contributed by atoms with van der Waals surface area (Å²) in [4.78, 5) is 11.3. The molecule has 0 saturated carbocycles. The largest absolute Gasteiger partial charge is 0.504 e. The van der Waals surface area contributed by atoms with Crippen molar-refractivity contribution in [1.29, 1.82) is 0 Å². The highest BCUT2D eigenvalue weighted by Crippen LogP contribution is 2.38. The zero-order chi connectivity index (χ0) is 13.2. The molecule has 94 valence electrons. The minimum absolute atomic E-state index is 0.0783. The third-order valence-corrected chi connectivity index (χ3v) is 2.72. The van der Waals surface area contributed by atoms with Crippen LogP contribution in [0.1, 0.15) is 22.8 Å². The fourth-order valence-electron chi connectivity index (χ4n) is 1.56. The van der Waals surface area contributed by atoms with Crippen molar-refractivity contribution >= 4 is 5.97 Å². The molecule has 0 saturated heterocycles. The monoisotopic (exact) mass is 240 g/mol. The predicted octanol–water partition coefficient (Wildman–Crippen LogP) is 1.22. The van der Waals surface area contributed by atoms with Crippen molar-refractivity contribution in [2.24, 2.45) is 0 Å². The molecule has 0 fully saturated rings. The predicted molar refractivity (Wildman–Crippen MR) is 61.1 cm³/mol. The van der Waals surface area contributed by atoms with Gasteiger partial charge in [0, 0.05) is 5.56 Å². The van der Waals surface area contributed by atoms with Crippen molar-refractivity contribution in [1.82, 2.24) is 0 Å². The smallest absolute Gasteiger partial charge is 0.339 e. The van der Waals surface area contributed by atoms with Crippen molar-refractivity contribution < 1.29 is 24.5 Å². The molecule has 0 radical (unpaired) electrons. The average Bonchev–Trinajstić information content (AvgIpc) is 2.33. The summed E-state index contributed by atoms with van der Waals surface area (Å²) in [5, 5.41) is 19.6. The first-order chi connectivity index (χ1) is 7.93. The molecule has 1 unspecified atom stereocenters. The van der Waals surface area contributed by atoms with Crippen molar-refractivity contribution in [3.8, 4) is 11.5 Å². The van der Waals surface area contributed by atoms with Gasteiger partial charge in [0.2, 0.25) is 0 Å². The maximum absolute atomic E-state index is 11.3. The highest BCUT2D eigenvalue weighted by molar-refractivity contribution is 5.78. The van der Waals surface area contributed by atoms with Crippen molar-refractivity contribution in [2.45, 2.75) is 20.0 Å². The number of methoxy groups -OCH3 is 2. The van der Waals surface area contributed by atoms with Gasteiger partial charge in [-0.25, -0.2) is 4.79 Å². The molecule has 5 heteroatoms. The normalized spacial score (nSPS) is 12.1. The molecule has 17 heavy (non-hydrogen) atoms. The van der Waals surface area contributed by atoms with Gasteiger partial charge < -0.3 is 19.7 Å². The van der Waals surface area contributed by atoms with Crippen LogP contribution in [0.15, 0.2) is 6.07 Å². The topological polar surface area (TPSA) is 76.0 Å². The minimum Gasteiger partial charge on any atom is -0.504 e. The van der Waals surface area contributed by atoms with Crippen LogP contribution >= 0.6 is 0 Å². The Bertz CT molecular complexity index is 439. The lowest BCUT2D eigenvalue weighted by Gasteiger charge is -2.17. The lowest BCUT2D eigenvalue weighted by Crippen LogP contribution is -2.15. The molecule has 0 aliphatic rings. The van der Waals surface area contributed by atoms with Crippen LogP contribution < -0.4 is 4.74 Å². The van der Waals surface area contributed by atoms with Crippen LogP contribution in [0, 0.1) is 13.8 Å². The number of aliphatic hydroxyl groups is 1. The van der Waals surface area contributed by atoms with Crippen molar-refractivity contribution in [2.75, 3.05) is 14.2 Å². The van der Waals surface area contributed by atoms with E-state index in [1.165, 1.54) is 14.2 Å². The quantitative estimate of drug-likeness (QED) is 0.777. The molecule has 1 atom stereocenters. The SMILES string of the molecule is COC(=O)C(O)c1cc(C)c(C)c(O)c1OC. The third-order valence-electron chi connectivity index (χ3n) is 2.72. The number of benzene rings is 1. The maximum atomic E-state index is 11.3. The molecule has 0 heterocycles. The average molecular weight is 240 g/mol. The van der Waals surface area contributed by atoms with E-state index in [9.17, 15) is 15.0 Å². The number of aryl methyl sites for hydroxylation is 1. The Morgan fingerprint density at radius 2 is 1.94 bits per heavy atom. The number of carbonyl (C=O) groups excluding carboxylic acids is 1. The molecule has 0 aliphatic carbocycles. The molecule has 0 spiro atoms. The zero-order valence-corrected chi connectivity index (χ0v) is 10.3. The van der Waals surface area contributed by atoms with Crippen LogP contribution in [0.4, 0.5) is 0 Å². The van der Waals surface area contributed by atoms with Gasteiger partial charge in [-0.1, -0.05) is 0 Å². The van der Waals surface area contributed by atoms with Gasteiger partial charge in [-0.2, -0.15) is 0 Å². The second-order valence-corrected chi connectivity index (χ2v) is 3.72.